The maximum atomic E-state index is 11.3. The number of nitrogens with zero attached hydrogens (tertiary/aromatic N) is 1. The van der Waals surface area contributed by atoms with Crippen LogP contribution in [-0.2, 0) is 11.3 Å². The van der Waals surface area contributed by atoms with Gasteiger partial charge in [0.15, 0.2) is 0 Å². The van der Waals surface area contributed by atoms with Crippen LogP contribution in [0, 0.1) is 0 Å². The summed E-state index contributed by atoms with van der Waals surface area (Å²) in [5, 5.41) is 9.31. The van der Waals surface area contributed by atoms with Crippen LogP contribution in [0.15, 0.2) is 35.1 Å². The molecule has 1 aromatic carbocycles. The molecule has 0 amide bonds. The molecule has 88 valence electrons. The molecule has 2 N–H and O–H groups in total. The second kappa shape index (κ2) is 4.80. The average Bonchev–Trinajstić information content (AvgIpc) is 2.29. The molecule has 0 radical (unpaired) electrons. The monoisotopic (exact) mass is 232 g/mol. The summed E-state index contributed by atoms with van der Waals surface area (Å²) in [6, 6.07) is 8.43. The smallest absolute Gasteiger partial charge is 0.254 e. The molecular formula is C12H12N2O3. The van der Waals surface area contributed by atoms with Crippen molar-refractivity contribution < 1.29 is 9.84 Å². The lowest BCUT2D eigenvalue weighted by atomic mass is 10.1. The first-order valence-electron chi connectivity index (χ1n) is 5.08. The van der Waals surface area contributed by atoms with Crippen molar-refractivity contribution in [1.29, 1.82) is 0 Å². The van der Waals surface area contributed by atoms with Gasteiger partial charge in [-0.1, -0.05) is 24.3 Å². The molecule has 5 heteroatoms. The number of hydrogen-bond donors (Lipinski definition) is 2. The Hall–Kier alpha value is -2.14. The molecule has 0 spiro atoms. The maximum absolute atomic E-state index is 11.3. The molecule has 2 rings (SSSR count). The standard InChI is InChI=1S/C12H12N2O3/c1-17-7-8-4-2-3-5-9(8)12-13-10(15)6-11(16)14-12/h2-6H,7H2,1H3,(H2,13,14,15,16). The van der Waals surface area contributed by atoms with E-state index in [1.807, 2.05) is 24.3 Å². The molecule has 1 aromatic heterocycles. The van der Waals surface area contributed by atoms with Gasteiger partial charge in [-0.3, -0.25) is 4.79 Å². The summed E-state index contributed by atoms with van der Waals surface area (Å²) >= 11 is 0. The van der Waals surface area contributed by atoms with Crippen LogP contribution >= 0.6 is 0 Å². The molecular weight excluding hydrogens is 220 g/mol. The van der Waals surface area contributed by atoms with Gasteiger partial charge in [-0.15, -0.1) is 0 Å². The summed E-state index contributed by atoms with van der Waals surface area (Å²) in [7, 11) is 1.59. The Labute approximate surface area is 97.7 Å². The SMILES string of the molecule is COCc1ccccc1-c1nc(O)cc(=O)[nH]1. The number of aromatic hydroxyl groups is 1. The van der Waals surface area contributed by atoms with Crippen LogP contribution in [0.5, 0.6) is 5.88 Å². The first-order chi connectivity index (χ1) is 8.20. The van der Waals surface area contributed by atoms with Crippen LogP contribution in [0.25, 0.3) is 11.4 Å². The highest BCUT2D eigenvalue weighted by Crippen LogP contribution is 2.20. The minimum atomic E-state index is -0.389. The van der Waals surface area contributed by atoms with Gasteiger partial charge in [-0.25, -0.2) is 0 Å². The van der Waals surface area contributed by atoms with E-state index in [4.69, 9.17) is 4.74 Å². The van der Waals surface area contributed by atoms with Crippen molar-refractivity contribution in [2.45, 2.75) is 6.61 Å². The van der Waals surface area contributed by atoms with Crippen molar-refractivity contribution in [2.75, 3.05) is 7.11 Å². The van der Waals surface area contributed by atoms with Gasteiger partial charge in [0, 0.05) is 12.7 Å². The highest BCUT2D eigenvalue weighted by molar-refractivity contribution is 5.60. The number of hydrogen-bond acceptors (Lipinski definition) is 4. The summed E-state index contributed by atoms with van der Waals surface area (Å²) in [5.41, 5.74) is 1.24. The van der Waals surface area contributed by atoms with E-state index in [9.17, 15) is 9.90 Å². The van der Waals surface area contributed by atoms with Crippen molar-refractivity contribution in [3.8, 4) is 17.3 Å². The molecule has 0 atom stereocenters. The first-order valence-corrected chi connectivity index (χ1v) is 5.08. The summed E-state index contributed by atoms with van der Waals surface area (Å²) in [4.78, 5) is 17.7. The van der Waals surface area contributed by atoms with Gasteiger partial charge in [-0.2, -0.15) is 4.98 Å². The van der Waals surface area contributed by atoms with E-state index in [1.54, 1.807) is 7.11 Å². The third kappa shape index (κ3) is 2.51. The predicted octanol–water partition coefficient (Wildman–Crippen LogP) is 1.29. The normalized spacial score (nSPS) is 10.4. The Kier molecular flexibility index (Phi) is 3.20. The van der Waals surface area contributed by atoms with E-state index in [0.29, 0.717) is 12.4 Å². The van der Waals surface area contributed by atoms with Crippen LogP contribution in [0.4, 0.5) is 0 Å². The Morgan fingerprint density at radius 1 is 1.41 bits per heavy atom. The fourth-order valence-electron chi connectivity index (χ4n) is 1.61. The van der Waals surface area contributed by atoms with Crippen molar-refractivity contribution in [1.82, 2.24) is 9.97 Å². The number of benzene rings is 1. The Morgan fingerprint density at radius 2 is 2.18 bits per heavy atom. The fraction of sp³-hybridized carbons (Fsp3) is 0.167. The number of ether oxygens (including phenoxy) is 1. The van der Waals surface area contributed by atoms with Gasteiger partial charge in [0.05, 0.1) is 12.7 Å². The number of aromatic nitrogens is 2. The van der Waals surface area contributed by atoms with Crippen molar-refractivity contribution in [3.05, 3.63) is 46.2 Å². The van der Waals surface area contributed by atoms with Gasteiger partial charge >= 0.3 is 0 Å². The average molecular weight is 232 g/mol. The lowest BCUT2D eigenvalue weighted by molar-refractivity contribution is 0.185. The fourth-order valence-corrected chi connectivity index (χ4v) is 1.61. The molecule has 0 aliphatic rings. The molecule has 17 heavy (non-hydrogen) atoms. The van der Waals surface area contributed by atoms with Crippen LogP contribution < -0.4 is 5.56 Å². The Bertz CT molecular complexity index is 578. The van der Waals surface area contributed by atoms with E-state index >= 15 is 0 Å². The molecule has 5 nitrogen and oxygen atoms in total. The van der Waals surface area contributed by atoms with E-state index < -0.39 is 0 Å². The lowest BCUT2D eigenvalue weighted by Gasteiger charge is -2.07. The molecule has 0 aliphatic heterocycles. The van der Waals surface area contributed by atoms with Crippen LogP contribution in [-0.4, -0.2) is 22.2 Å². The number of aromatic amines is 1. The minimum absolute atomic E-state index is 0.295. The lowest BCUT2D eigenvalue weighted by Crippen LogP contribution is -2.07. The Balaban J connectivity index is 2.55. The third-order valence-electron chi connectivity index (χ3n) is 2.30. The second-order valence-electron chi connectivity index (χ2n) is 3.54. The zero-order chi connectivity index (χ0) is 12.3. The van der Waals surface area contributed by atoms with Gasteiger partial charge in [0.1, 0.15) is 5.82 Å². The number of rotatable bonds is 3. The molecule has 0 aliphatic carbocycles. The van der Waals surface area contributed by atoms with Gasteiger partial charge in [-0.05, 0) is 5.56 Å². The number of H-pyrrole nitrogens is 1. The summed E-state index contributed by atoms with van der Waals surface area (Å²) in [6.45, 7) is 0.412. The first kappa shape index (κ1) is 11.3. The zero-order valence-corrected chi connectivity index (χ0v) is 9.30. The van der Waals surface area contributed by atoms with Gasteiger partial charge in [0.25, 0.3) is 5.56 Å². The zero-order valence-electron chi connectivity index (χ0n) is 9.30. The van der Waals surface area contributed by atoms with Crippen LogP contribution in [0.2, 0.25) is 0 Å². The highest BCUT2D eigenvalue weighted by Gasteiger charge is 2.07. The molecule has 2 aromatic rings. The summed E-state index contributed by atoms with van der Waals surface area (Å²) in [5.74, 6) is 0.0404. The number of nitrogens with one attached hydrogen (secondary N) is 1. The van der Waals surface area contributed by atoms with Crippen molar-refractivity contribution in [2.24, 2.45) is 0 Å². The molecule has 0 unspecified atom stereocenters. The Morgan fingerprint density at radius 3 is 2.88 bits per heavy atom. The topological polar surface area (TPSA) is 75.2 Å². The molecule has 1 heterocycles. The van der Waals surface area contributed by atoms with Crippen LogP contribution in [0.1, 0.15) is 5.56 Å². The minimum Gasteiger partial charge on any atom is -0.493 e. The largest absolute Gasteiger partial charge is 0.493 e. The van der Waals surface area contributed by atoms with Gasteiger partial charge < -0.3 is 14.8 Å². The highest BCUT2D eigenvalue weighted by atomic mass is 16.5. The third-order valence-corrected chi connectivity index (χ3v) is 2.30. The molecule has 0 saturated heterocycles. The summed E-state index contributed by atoms with van der Waals surface area (Å²) in [6.07, 6.45) is 0. The quantitative estimate of drug-likeness (QED) is 0.836. The van der Waals surface area contributed by atoms with Gasteiger partial charge in [0.2, 0.25) is 5.88 Å². The van der Waals surface area contributed by atoms with E-state index in [2.05, 4.69) is 9.97 Å². The van der Waals surface area contributed by atoms with Crippen molar-refractivity contribution in [3.63, 3.8) is 0 Å². The molecule has 0 bridgehead atoms. The van der Waals surface area contributed by atoms with Crippen LogP contribution in [0.3, 0.4) is 0 Å². The summed E-state index contributed by atoms with van der Waals surface area (Å²) < 4.78 is 5.07. The van der Waals surface area contributed by atoms with E-state index in [1.165, 1.54) is 0 Å². The predicted molar refractivity (Wildman–Crippen MR) is 62.7 cm³/mol. The second-order valence-corrected chi connectivity index (χ2v) is 3.54. The molecule has 0 fully saturated rings. The van der Waals surface area contributed by atoms with E-state index in [-0.39, 0.29) is 11.4 Å². The van der Waals surface area contributed by atoms with E-state index in [0.717, 1.165) is 17.2 Å². The molecule has 0 saturated carbocycles. The van der Waals surface area contributed by atoms with Crippen molar-refractivity contribution >= 4 is 0 Å². The number of methoxy groups -OCH3 is 1. The maximum Gasteiger partial charge on any atom is 0.254 e.